The van der Waals surface area contributed by atoms with Gasteiger partial charge in [0, 0.05) is 29.8 Å². The quantitative estimate of drug-likeness (QED) is 0.770. The Balaban J connectivity index is 1.72. The van der Waals surface area contributed by atoms with Crippen molar-refractivity contribution in [2.24, 2.45) is 0 Å². The molecule has 0 aromatic heterocycles. The van der Waals surface area contributed by atoms with Crippen LogP contribution in [0, 0.1) is 0 Å². The highest BCUT2D eigenvalue weighted by Crippen LogP contribution is 2.29. The van der Waals surface area contributed by atoms with Gasteiger partial charge in [-0.3, -0.25) is 0 Å². The van der Waals surface area contributed by atoms with E-state index in [0.717, 1.165) is 30.1 Å². The van der Waals surface area contributed by atoms with Crippen LogP contribution in [0.25, 0.3) is 0 Å². The van der Waals surface area contributed by atoms with Gasteiger partial charge in [0.05, 0.1) is 12.0 Å². The minimum atomic E-state index is -3.59. The Labute approximate surface area is 157 Å². The summed E-state index contributed by atoms with van der Waals surface area (Å²) in [6, 6.07) is 12.7. The Hall–Kier alpha value is -1.57. The number of ether oxygens (including phenoxy) is 1. The van der Waals surface area contributed by atoms with Gasteiger partial charge in [-0.1, -0.05) is 12.1 Å². The summed E-state index contributed by atoms with van der Waals surface area (Å²) in [4.78, 5) is 2.52. The number of nitrogens with zero attached hydrogens (tertiary/aromatic N) is 1. The Morgan fingerprint density at radius 2 is 1.80 bits per heavy atom. The molecule has 1 saturated heterocycles. The van der Waals surface area contributed by atoms with Crippen LogP contribution < -0.4 is 14.4 Å². The number of halogens is 1. The first-order valence-corrected chi connectivity index (χ1v) is 10.4. The number of anilines is 1. The Morgan fingerprint density at radius 1 is 1.12 bits per heavy atom. The minimum absolute atomic E-state index is 0.229. The number of benzene rings is 2. The summed E-state index contributed by atoms with van der Waals surface area (Å²) in [6.07, 6.45) is 2.36. The van der Waals surface area contributed by atoms with Crippen molar-refractivity contribution >= 4 is 31.6 Å². The van der Waals surface area contributed by atoms with E-state index >= 15 is 0 Å². The SMILES string of the molecule is COc1ccc(CNS(=O)(=O)c2ccc(N3CCCC3)cc2Br)cc1. The monoisotopic (exact) mass is 424 g/mol. The molecular weight excluding hydrogens is 404 g/mol. The van der Waals surface area contributed by atoms with Crippen molar-refractivity contribution in [3.63, 3.8) is 0 Å². The summed E-state index contributed by atoms with van der Waals surface area (Å²) in [7, 11) is -1.99. The number of rotatable bonds is 6. The molecule has 3 rings (SSSR count). The van der Waals surface area contributed by atoms with Crippen molar-refractivity contribution in [3.05, 3.63) is 52.5 Å². The molecule has 134 valence electrons. The van der Waals surface area contributed by atoms with Crippen LogP contribution in [-0.2, 0) is 16.6 Å². The molecule has 1 heterocycles. The molecule has 0 unspecified atom stereocenters. The third kappa shape index (κ3) is 4.34. The van der Waals surface area contributed by atoms with Crippen molar-refractivity contribution in [3.8, 4) is 5.75 Å². The number of hydrogen-bond acceptors (Lipinski definition) is 4. The molecule has 0 atom stereocenters. The molecular formula is C18H21BrN2O3S. The number of hydrogen-bond donors (Lipinski definition) is 1. The molecule has 0 saturated carbocycles. The van der Waals surface area contributed by atoms with E-state index in [1.807, 2.05) is 36.4 Å². The lowest BCUT2D eigenvalue weighted by molar-refractivity contribution is 0.414. The van der Waals surface area contributed by atoms with Gasteiger partial charge in [0.15, 0.2) is 0 Å². The second-order valence-electron chi connectivity index (χ2n) is 5.98. The Morgan fingerprint density at radius 3 is 2.40 bits per heavy atom. The van der Waals surface area contributed by atoms with Crippen LogP contribution >= 0.6 is 15.9 Å². The lowest BCUT2D eigenvalue weighted by Gasteiger charge is -2.19. The molecule has 7 heteroatoms. The van der Waals surface area contributed by atoms with E-state index in [1.54, 1.807) is 13.2 Å². The highest BCUT2D eigenvalue weighted by atomic mass is 79.9. The number of nitrogens with one attached hydrogen (secondary N) is 1. The normalized spacial score (nSPS) is 14.7. The van der Waals surface area contributed by atoms with Gasteiger partial charge in [-0.05, 0) is 64.7 Å². The zero-order valence-electron chi connectivity index (χ0n) is 14.0. The lowest BCUT2D eigenvalue weighted by Crippen LogP contribution is -2.24. The van der Waals surface area contributed by atoms with Crippen molar-refractivity contribution in [1.29, 1.82) is 0 Å². The smallest absolute Gasteiger partial charge is 0.241 e. The molecule has 1 N–H and O–H groups in total. The van der Waals surface area contributed by atoms with Gasteiger partial charge in [-0.15, -0.1) is 0 Å². The first kappa shape index (κ1) is 18.2. The third-order valence-corrected chi connectivity index (χ3v) is 6.68. The van der Waals surface area contributed by atoms with Gasteiger partial charge < -0.3 is 9.64 Å². The second kappa shape index (κ2) is 7.76. The second-order valence-corrected chi connectivity index (χ2v) is 8.57. The van der Waals surface area contributed by atoms with Crippen LogP contribution in [0.15, 0.2) is 51.8 Å². The van der Waals surface area contributed by atoms with Crippen LogP contribution in [0.1, 0.15) is 18.4 Å². The molecule has 0 aliphatic carbocycles. The van der Waals surface area contributed by atoms with E-state index in [9.17, 15) is 8.42 Å². The molecule has 0 amide bonds. The van der Waals surface area contributed by atoms with Crippen LogP contribution in [0.5, 0.6) is 5.75 Å². The molecule has 1 aliphatic heterocycles. The minimum Gasteiger partial charge on any atom is -0.497 e. The standard InChI is InChI=1S/C18H21BrN2O3S/c1-24-16-7-4-14(5-8-16)13-20-25(22,23)18-9-6-15(12-17(18)19)21-10-2-3-11-21/h4-9,12,20H,2-3,10-11,13H2,1H3. The molecule has 1 fully saturated rings. The molecule has 1 aliphatic rings. The average molecular weight is 425 g/mol. The van der Waals surface area contributed by atoms with Crippen molar-refractivity contribution in [2.45, 2.75) is 24.3 Å². The van der Waals surface area contributed by atoms with Gasteiger partial charge in [0.25, 0.3) is 0 Å². The van der Waals surface area contributed by atoms with Gasteiger partial charge >= 0.3 is 0 Å². The fourth-order valence-electron chi connectivity index (χ4n) is 2.88. The molecule has 5 nitrogen and oxygen atoms in total. The van der Waals surface area contributed by atoms with E-state index in [2.05, 4.69) is 25.6 Å². The van der Waals surface area contributed by atoms with Crippen LogP contribution in [-0.4, -0.2) is 28.6 Å². The van der Waals surface area contributed by atoms with Crippen molar-refractivity contribution in [2.75, 3.05) is 25.1 Å². The Bertz CT molecular complexity index is 832. The first-order chi connectivity index (χ1) is 12.0. The van der Waals surface area contributed by atoms with Gasteiger partial charge in [-0.25, -0.2) is 13.1 Å². The van der Waals surface area contributed by atoms with E-state index in [1.165, 1.54) is 12.8 Å². The van der Waals surface area contributed by atoms with Gasteiger partial charge in [0.2, 0.25) is 10.0 Å². The summed E-state index contributed by atoms with van der Waals surface area (Å²) >= 11 is 3.41. The predicted molar refractivity (Wildman–Crippen MR) is 103 cm³/mol. The van der Waals surface area contributed by atoms with Crippen LogP contribution in [0.2, 0.25) is 0 Å². The van der Waals surface area contributed by atoms with E-state index in [4.69, 9.17) is 4.74 Å². The van der Waals surface area contributed by atoms with E-state index in [0.29, 0.717) is 4.47 Å². The fourth-order valence-corrected chi connectivity index (χ4v) is 4.96. The maximum atomic E-state index is 12.6. The zero-order valence-corrected chi connectivity index (χ0v) is 16.4. The molecule has 2 aromatic rings. The first-order valence-electron chi connectivity index (χ1n) is 8.17. The third-order valence-electron chi connectivity index (χ3n) is 4.30. The Kier molecular flexibility index (Phi) is 5.66. The molecule has 2 aromatic carbocycles. The predicted octanol–water partition coefficient (Wildman–Crippen LogP) is 3.54. The largest absolute Gasteiger partial charge is 0.497 e. The summed E-state index contributed by atoms with van der Waals surface area (Å²) in [5.41, 5.74) is 1.92. The topological polar surface area (TPSA) is 58.6 Å². The van der Waals surface area contributed by atoms with Crippen molar-refractivity contribution < 1.29 is 13.2 Å². The molecule has 0 bridgehead atoms. The maximum Gasteiger partial charge on any atom is 0.241 e. The van der Waals surface area contributed by atoms with Crippen molar-refractivity contribution in [1.82, 2.24) is 4.72 Å². The molecule has 0 radical (unpaired) electrons. The summed E-state index contributed by atoms with van der Waals surface area (Å²) in [5.74, 6) is 0.742. The molecule has 0 spiro atoms. The van der Waals surface area contributed by atoms with Gasteiger partial charge in [0.1, 0.15) is 5.75 Å². The zero-order chi connectivity index (χ0) is 17.9. The van der Waals surface area contributed by atoms with E-state index in [-0.39, 0.29) is 11.4 Å². The number of sulfonamides is 1. The highest BCUT2D eigenvalue weighted by Gasteiger charge is 2.20. The molecule has 25 heavy (non-hydrogen) atoms. The average Bonchev–Trinajstić information content (AvgIpc) is 3.15. The van der Waals surface area contributed by atoms with Crippen LogP contribution in [0.4, 0.5) is 5.69 Å². The number of methoxy groups -OCH3 is 1. The lowest BCUT2D eigenvalue weighted by atomic mass is 10.2. The fraction of sp³-hybridized carbons (Fsp3) is 0.333. The van der Waals surface area contributed by atoms with Gasteiger partial charge in [-0.2, -0.15) is 0 Å². The summed E-state index contributed by atoms with van der Waals surface area (Å²) in [5, 5.41) is 0. The highest BCUT2D eigenvalue weighted by molar-refractivity contribution is 9.10. The van der Waals surface area contributed by atoms with Crippen LogP contribution in [0.3, 0.4) is 0 Å². The summed E-state index contributed by atoms with van der Waals surface area (Å²) < 4.78 is 33.5. The van der Waals surface area contributed by atoms with E-state index < -0.39 is 10.0 Å². The maximum absolute atomic E-state index is 12.6. The summed E-state index contributed by atoms with van der Waals surface area (Å²) in [6.45, 7) is 2.27.